The predicted molar refractivity (Wildman–Crippen MR) is 75.3 cm³/mol. The number of hydrogen-bond acceptors (Lipinski definition) is 2. The van der Waals surface area contributed by atoms with E-state index in [0.29, 0.717) is 5.75 Å². The molecule has 1 nitrogen and oxygen atoms in total. The molecule has 1 aromatic carbocycles. The van der Waals surface area contributed by atoms with Crippen LogP contribution in [0.25, 0.3) is 0 Å². The van der Waals surface area contributed by atoms with Crippen molar-refractivity contribution in [2.45, 2.75) is 26.2 Å². The lowest BCUT2D eigenvalue weighted by molar-refractivity contribution is 0.102. The maximum atomic E-state index is 11.8. The summed E-state index contributed by atoms with van der Waals surface area (Å²) in [5, 5.41) is 0. The van der Waals surface area contributed by atoms with Crippen LogP contribution in [-0.2, 0) is 0 Å². The normalized spacial score (nSPS) is 10.4. The molecule has 0 fully saturated rings. The van der Waals surface area contributed by atoms with Crippen LogP contribution in [0, 0.1) is 0 Å². The highest BCUT2D eigenvalue weighted by molar-refractivity contribution is 9.10. The molecule has 0 heterocycles. The second kappa shape index (κ2) is 7.91. The molecule has 0 aliphatic carbocycles. The number of thioether (sulfide) groups is 1. The smallest absolute Gasteiger partial charge is 0.172 e. The van der Waals surface area contributed by atoms with Gasteiger partial charge in [0.1, 0.15) is 0 Å². The van der Waals surface area contributed by atoms with Crippen LogP contribution in [0.1, 0.15) is 36.5 Å². The molecule has 0 atom stereocenters. The molecule has 0 aliphatic heterocycles. The molecule has 0 N–H and O–H groups in total. The number of halogens is 1. The first kappa shape index (κ1) is 13.8. The molecule has 0 radical (unpaired) electrons. The van der Waals surface area contributed by atoms with Gasteiger partial charge in [-0.2, -0.15) is 11.8 Å². The summed E-state index contributed by atoms with van der Waals surface area (Å²) in [6.45, 7) is 2.19. The van der Waals surface area contributed by atoms with Gasteiger partial charge in [-0.15, -0.1) is 0 Å². The van der Waals surface area contributed by atoms with Gasteiger partial charge in [-0.25, -0.2) is 0 Å². The Kier molecular flexibility index (Phi) is 6.81. The van der Waals surface area contributed by atoms with Gasteiger partial charge in [0.25, 0.3) is 0 Å². The van der Waals surface area contributed by atoms with E-state index in [1.165, 1.54) is 19.3 Å². The predicted octanol–water partition coefficient (Wildman–Crippen LogP) is 4.56. The zero-order valence-corrected chi connectivity index (χ0v) is 11.9. The summed E-state index contributed by atoms with van der Waals surface area (Å²) in [4.78, 5) is 11.8. The fraction of sp³-hybridized carbons (Fsp3) is 0.462. The van der Waals surface area contributed by atoms with Crippen molar-refractivity contribution in [3.05, 3.63) is 34.3 Å². The number of benzene rings is 1. The average Bonchev–Trinajstić information content (AvgIpc) is 2.28. The van der Waals surface area contributed by atoms with Gasteiger partial charge in [0.15, 0.2) is 5.78 Å². The Morgan fingerprint density at radius 2 is 2.19 bits per heavy atom. The fourth-order valence-corrected chi connectivity index (χ4v) is 2.67. The van der Waals surface area contributed by atoms with Crippen LogP contribution in [0.3, 0.4) is 0 Å². The first-order valence-electron chi connectivity index (χ1n) is 5.60. The third-order valence-electron chi connectivity index (χ3n) is 2.27. The highest BCUT2D eigenvalue weighted by Crippen LogP contribution is 2.14. The minimum absolute atomic E-state index is 0.225. The van der Waals surface area contributed by atoms with Crippen molar-refractivity contribution in [3.63, 3.8) is 0 Å². The number of carbonyl (C=O) groups excluding carboxylic acids is 1. The first-order valence-corrected chi connectivity index (χ1v) is 7.55. The fourth-order valence-electron chi connectivity index (χ4n) is 1.36. The Hall–Kier alpha value is -0.280. The van der Waals surface area contributed by atoms with Gasteiger partial charge in [-0.3, -0.25) is 4.79 Å². The topological polar surface area (TPSA) is 17.1 Å². The molecular weight excluding hydrogens is 284 g/mol. The molecular formula is C13H17BrOS. The van der Waals surface area contributed by atoms with E-state index in [2.05, 4.69) is 22.9 Å². The van der Waals surface area contributed by atoms with Crippen molar-refractivity contribution in [1.29, 1.82) is 0 Å². The molecule has 0 saturated carbocycles. The molecule has 0 unspecified atom stereocenters. The van der Waals surface area contributed by atoms with E-state index in [4.69, 9.17) is 0 Å². The lowest BCUT2D eigenvalue weighted by Gasteiger charge is -2.02. The van der Waals surface area contributed by atoms with Crippen molar-refractivity contribution in [1.82, 2.24) is 0 Å². The monoisotopic (exact) mass is 300 g/mol. The summed E-state index contributed by atoms with van der Waals surface area (Å²) in [6, 6.07) is 7.60. The van der Waals surface area contributed by atoms with E-state index in [-0.39, 0.29) is 5.78 Å². The lowest BCUT2D eigenvalue weighted by Crippen LogP contribution is -2.02. The molecule has 0 saturated heterocycles. The van der Waals surface area contributed by atoms with E-state index in [0.717, 1.165) is 15.8 Å². The molecule has 0 aromatic heterocycles. The quantitative estimate of drug-likeness (QED) is 0.542. The number of carbonyl (C=O) groups is 1. The van der Waals surface area contributed by atoms with Gasteiger partial charge < -0.3 is 0 Å². The molecule has 1 rings (SSSR count). The third kappa shape index (κ3) is 5.17. The van der Waals surface area contributed by atoms with Gasteiger partial charge in [-0.05, 0) is 24.3 Å². The average molecular weight is 301 g/mol. The van der Waals surface area contributed by atoms with Crippen molar-refractivity contribution >= 4 is 33.5 Å². The molecule has 0 aliphatic rings. The minimum atomic E-state index is 0.225. The summed E-state index contributed by atoms with van der Waals surface area (Å²) in [6.07, 6.45) is 3.71. The molecule has 16 heavy (non-hydrogen) atoms. The molecule has 0 amide bonds. The Labute approximate surface area is 110 Å². The number of rotatable bonds is 7. The van der Waals surface area contributed by atoms with Crippen molar-refractivity contribution in [2.24, 2.45) is 0 Å². The van der Waals surface area contributed by atoms with E-state index in [1.54, 1.807) is 11.8 Å². The summed E-state index contributed by atoms with van der Waals surface area (Å²) in [5.74, 6) is 1.91. The third-order valence-corrected chi connectivity index (χ3v) is 3.81. The van der Waals surface area contributed by atoms with Gasteiger partial charge in [0.2, 0.25) is 0 Å². The zero-order valence-electron chi connectivity index (χ0n) is 9.54. The van der Waals surface area contributed by atoms with Crippen LogP contribution in [0.15, 0.2) is 28.7 Å². The first-order chi connectivity index (χ1) is 7.74. The Morgan fingerprint density at radius 3 is 2.88 bits per heavy atom. The van der Waals surface area contributed by atoms with Crippen molar-refractivity contribution in [2.75, 3.05) is 11.5 Å². The second-order valence-corrected chi connectivity index (χ2v) is 5.71. The summed E-state index contributed by atoms with van der Waals surface area (Å²) in [5.41, 5.74) is 0.803. The number of Topliss-reactive ketones (excluding diaryl/α,β-unsaturated/α-hetero) is 1. The van der Waals surface area contributed by atoms with E-state index in [1.807, 2.05) is 24.3 Å². The molecule has 3 heteroatoms. The van der Waals surface area contributed by atoms with Crippen molar-refractivity contribution in [3.8, 4) is 0 Å². The highest BCUT2D eigenvalue weighted by Gasteiger charge is 2.05. The van der Waals surface area contributed by atoms with Crippen LogP contribution in [0.5, 0.6) is 0 Å². The second-order valence-electron chi connectivity index (χ2n) is 3.69. The summed E-state index contributed by atoms with van der Waals surface area (Å²) in [7, 11) is 0. The summed E-state index contributed by atoms with van der Waals surface area (Å²) >= 11 is 5.11. The number of ketones is 1. The molecule has 0 spiro atoms. The Bertz CT molecular complexity index is 338. The highest BCUT2D eigenvalue weighted by atomic mass is 79.9. The Balaban J connectivity index is 2.30. The number of hydrogen-bond donors (Lipinski definition) is 0. The van der Waals surface area contributed by atoms with Gasteiger partial charge in [0.05, 0.1) is 5.75 Å². The van der Waals surface area contributed by atoms with E-state index in [9.17, 15) is 4.79 Å². The van der Waals surface area contributed by atoms with Crippen LogP contribution in [0.2, 0.25) is 0 Å². The van der Waals surface area contributed by atoms with Gasteiger partial charge >= 0.3 is 0 Å². The van der Waals surface area contributed by atoms with Crippen LogP contribution in [-0.4, -0.2) is 17.3 Å². The SMILES string of the molecule is CCCCCSCC(=O)c1cccc(Br)c1. The van der Waals surface area contributed by atoms with Crippen LogP contribution >= 0.6 is 27.7 Å². The van der Waals surface area contributed by atoms with Crippen LogP contribution < -0.4 is 0 Å². The number of unbranched alkanes of at least 4 members (excludes halogenated alkanes) is 2. The molecule has 1 aromatic rings. The molecule has 88 valence electrons. The summed E-state index contributed by atoms with van der Waals surface area (Å²) < 4.78 is 0.967. The lowest BCUT2D eigenvalue weighted by atomic mass is 10.2. The van der Waals surface area contributed by atoms with E-state index >= 15 is 0 Å². The minimum Gasteiger partial charge on any atom is -0.293 e. The Morgan fingerprint density at radius 1 is 1.38 bits per heavy atom. The maximum absolute atomic E-state index is 11.8. The van der Waals surface area contributed by atoms with Gasteiger partial charge in [-0.1, -0.05) is 47.8 Å². The zero-order chi connectivity index (χ0) is 11.8. The van der Waals surface area contributed by atoms with Gasteiger partial charge in [0, 0.05) is 10.0 Å². The molecule has 0 bridgehead atoms. The standard InChI is InChI=1S/C13H17BrOS/c1-2-3-4-8-16-10-13(15)11-6-5-7-12(14)9-11/h5-7,9H,2-4,8,10H2,1H3. The maximum Gasteiger partial charge on any atom is 0.172 e. The van der Waals surface area contributed by atoms with E-state index < -0.39 is 0 Å². The van der Waals surface area contributed by atoms with Crippen LogP contribution in [0.4, 0.5) is 0 Å². The largest absolute Gasteiger partial charge is 0.293 e. The van der Waals surface area contributed by atoms with Crippen molar-refractivity contribution < 1.29 is 4.79 Å².